The molecule has 21 heavy (non-hydrogen) atoms. The summed E-state index contributed by atoms with van der Waals surface area (Å²) in [5.74, 6) is -1.02. The van der Waals surface area contributed by atoms with Crippen LogP contribution in [-0.2, 0) is 19.9 Å². The van der Waals surface area contributed by atoms with Crippen LogP contribution in [0.2, 0.25) is 0 Å². The summed E-state index contributed by atoms with van der Waals surface area (Å²) >= 11 is 0. The van der Waals surface area contributed by atoms with Gasteiger partial charge in [-0.3, -0.25) is 0 Å². The van der Waals surface area contributed by atoms with Crippen molar-refractivity contribution < 1.29 is 21.2 Å². The van der Waals surface area contributed by atoms with Crippen LogP contribution in [0.5, 0.6) is 0 Å². The van der Waals surface area contributed by atoms with E-state index >= 15 is 0 Å². The number of sulfone groups is 1. The topological polar surface area (TPSA) is 106 Å². The summed E-state index contributed by atoms with van der Waals surface area (Å²) in [5, 5.41) is 0. The smallest absolute Gasteiger partial charge is 0.243 e. The lowest BCUT2D eigenvalue weighted by atomic mass is 10.2. The number of hydrogen-bond acceptors (Lipinski definition) is 5. The van der Waals surface area contributed by atoms with E-state index in [4.69, 9.17) is 5.73 Å². The summed E-state index contributed by atoms with van der Waals surface area (Å²) in [6.07, 6.45) is 0.370. The molecular formula is C12H17FN2O4S2. The molecule has 0 aliphatic carbocycles. The first-order valence-corrected chi connectivity index (χ1v) is 9.69. The maximum atomic E-state index is 13.8. The number of nitrogen functional groups attached to an aromatic ring is 1. The van der Waals surface area contributed by atoms with Gasteiger partial charge in [0.15, 0.2) is 0 Å². The van der Waals surface area contributed by atoms with Gasteiger partial charge < -0.3 is 5.73 Å². The van der Waals surface area contributed by atoms with Gasteiger partial charge in [-0.05, 0) is 37.5 Å². The molecule has 0 bridgehead atoms. The molecule has 118 valence electrons. The van der Waals surface area contributed by atoms with Crippen molar-refractivity contribution in [3.63, 3.8) is 0 Å². The van der Waals surface area contributed by atoms with Crippen molar-refractivity contribution in [2.24, 2.45) is 0 Å². The molecule has 0 aromatic heterocycles. The first-order valence-electron chi connectivity index (χ1n) is 6.39. The van der Waals surface area contributed by atoms with Crippen molar-refractivity contribution >= 4 is 25.5 Å². The summed E-state index contributed by atoms with van der Waals surface area (Å²) in [4.78, 5) is -0.515. The molecule has 0 unspecified atom stereocenters. The summed E-state index contributed by atoms with van der Waals surface area (Å²) in [6, 6.07) is 1.63. The number of benzene rings is 1. The highest BCUT2D eigenvalue weighted by Gasteiger charge is 2.29. The minimum Gasteiger partial charge on any atom is -0.398 e. The van der Waals surface area contributed by atoms with Crippen molar-refractivity contribution in [3.05, 3.63) is 23.5 Å². The molecule has 0 radical (unpaired) electrons. The Labute approximate surface area is 123 Å². The van der Waals surface area contributed by atoms with Crippen LogP contribution < -0.4 is 10.5 Å². The molecule has 1 heterocycles. The Kier molecular flexibility index (Phi) is 4.27. The largest absolute Gasteiger partial charge is 0.398 e. The minimum absolute atomic E-state index is 0.0707. The molecule has 0 atom stereocenters. The van der Waals surface area contributed by atoms with Gasteiger partial charge in [-0.1, -0.05) is 0 Å². The van der Waals surface area contributed by atoms with Crippen molar-refractivity contribution in [1.29, 1.82) is 0 Å². The monoisotopic (exact) mass is 336 g/mol. The Bertz CT molecular complexity index is 746. The highest BCUT2D eigenvalue weighted by molar-refractivity contribution is 7.91. The van der Waals surface area contributed by atoms with Gasteiger partial charge in [-0.2, -0.15) is 0 Å². The fraction of sp³-hybridized carbons (Fsp3) is 0.500. The number of hydrogen-bond donors (Lipinski definition) is 2. The summed E-state index contributed by atoms with van der Waals surface area (Å²) in [6.45, 7) is 1.58. The van der Waals surface area contributed by atoms with Crippen LogP contribution >= 0.6 is 0 Å². The molecule has 1 fully saturated rings. The SMILES string of the molecule is Cc1cc(F)c(S(=O)(=O)NC2CCS(=O)(=O)CC2)cc1N. The van der Waals surface area contributed by atoms with Gasteiger partial charge in [0, 0.05) is 11.7 Å². The Morgan fingerprint density at radius 2 is 1.86 bits per heavy atom. The first kappa shape index (κ1) is 16.2. The highest BCUT2D eigenvalue weighted by atomic mass is 32.2. The van der Waals surface area contributed by atoms with Crippen LogP contribution in [0.1, 0.15) is 18.4 Å². The molecule has 6 nitrogen and oxygen atoms in total. The molecule has 1 aliphatic rings. The summed E-state index contributed by atoms with van der Waals surface area (Å²) in [7, 11) is -7.15. The van der Waals surface area contributed by atoms with Gasteiger partial charge in [0.25, 0.3) is 0 Å². The van der Waals surface area contributed by atoms with Crippen LogP contribution in [0.4, 0.5) is 10.1 Å². The second kappa shape index (κ2) is 5.54. The highest BCUT2D eigenvalue weighted by Crippen LogP contribution is 2.23. The van der Waals surface area contributed by atoms with Crippen LogP contribution in [0.15, 0.2) is 17.0 Å². The number of halogens is 1. The molecule has 1 aromatic carbocycles. The summed E-state index contributed by atoms with van der Waals surface area (Å²) in [5.41, 5.74) is 6.25. The van der Waals surface area contributed by atoms with Gasteiger partial charge in [0.05, 0.1) is 11.5 Å². The maximum absolute atomic E-state index is 13.8. The molecule has 0 saturated carbocycles. The Balaban J connectivity index is 2.22. The number of sulfonamides is 1. The number of anilines is 1. The van der Waals surface area contributed by atoms with E-state index in [-0.39, 0.29) is 30.0 Å². The normalized spacial score (nSPS) is 19.5. The van der Waals surface area contributed by atoms with Gasteiger partial charge in [0.1, 0.15) is 20.5 Å². The summed E-state index contributed by atoms with van der Waals surface area (Å²) < 4.78 is 63.2. The van der Waals surface area contributed by atoms with Crippen LogP contribution in [0.3, 0.4) is 0 Å². The molecule has 3 N–H and O–H groups in total. The van der Waals surface area contributed by atoms with Crippen LogP contribution in [0, 0.1) is 12.7 Å². The zero-order valence-electron chi connectivity index (χ0n) is 11.5. The molecule has 1 aromatic rings. The van der Waals surface area contributed by atoms with E-state index in [1.54, 1.807) is 6.92 Å². The Morgan fingerprint density at radius 3 is 2.43 bits per heavy atom. The molecule has 1 saturated heterocycles. The third kappa shape index (κ3) is 3.72. The zero-order valence-corrected chi connectivity index (χ0v) is 13.1. The number of aryl methyl sites for hydroxylation is 1. The van der Waals surface area contributed by atoms with Crippen LogP contribution in [-0.4, -0.2) is 34.4 Å². The second-order valence-electron chi connectivity index (χ2n) is 5.19. The third-order valence-electron chi connectivity index (χ3n) is 3.49. The van der Waals surface area contributed by atoms with E-state index in [0.29, 0.717) is 5.56 Å². The average Bonchev–Trinajstić information content (AvgIpc) is 2.36. The molecule has 9 heteroatoms. The lowest BCUT2D eigenvalue weighted by molar-refractivity contribution is 0.500. The van der Waals surface area contributed by atoms with Gasteiger partial charge in [-0.25, -0.2) is 25.9 Å². The Hall–Kier alpha value is -1.19. The zero-order chi connectivity index (χ0) is 15.8. The predicted molar refractivity (Wildman–Crippen MR) is 77.5 cm³/mol. The molecule has 0 spiro atoms. The van der Waals surface area contributed by atoms with Crippen LogP contribution in [0.25, 0.3) is 0 Å². The van der Waals surface area contributed by atoms with E-state index in [9.17, 15) is 21.2 Å². The number of rotatable bonds is 3. The van der Waals surface area contributed by atoms with E-state index in [0.717, 1.165) is 12.1 Å². The quantitative estimate of drug-likeness (QED) is 0.785. The first-order chi connectivity index (χ1) is 9.61. The van der Waals surface area contributed by atoms with Crippen molar-refractivity contribution in [2.45, 2.75) is 30.7 Å². The molecule has 2 rings (SSSR count). The van der Waals surface area contributed by atoms with E-state index in [1.165, 1.54) is 0 Å². The fourth-order valence-corrected chi connectivity index (χ4v) is 5.06. The second-order valence-corrected chi connectivity index (χ2v) is 9.17. The standard InChI is InChI=1S/C12H17FN2O4S2/c1-8-6-10(13)12(7-11(8)14)21(18,19)15-9-2-4-20(16,17)5-3-9/h6-7,9,15H,2-5,14H2,1H3. The van der Waals surface area contributed by atoms with Crippen molar-refractivity contribution in [2.75, 3.05) is 17.2 Å². The minimum atomic E-state index is -4.07. The number of nitrogens with two attached hydrogens (primary N) is 1. The average molecular weight is 336 g/mol. The van der Waals surface area contributed by atoms with E-state index < -0.39 is 36.6 Å². The van der Waals surface area contributed by atoms with Gasteiger partial charge >= 0.3 is 0 Å². The molecular weight excluding hydrogens is 319 g/mol. The predicted octanol–water partition coefficient (Wildman–Crippen LogP) is 0.572. The van der Waals surface area contributed by atoms with Gasteiger partial charge in [-0.15, -0.1) is 0 Å². The number of nitrogens with one attached hydrogen (secondary N) is 1. The fourth-order valence-electron chi connectivity index (χ4n) is 2.17. The van der Waals surface area contributed by atoms with Gasteiger partial charge in [0.2, 0.25) is 10.0 Å². The van der Waals surface area contributed by atoms with Crippen molar-refractivity contribution in [3.8, 4) is 0 Å². The van der Waals surface area contributed by atoms with E-state index in [2.05, 4.69) is 4.72 Å². The maximum Gasteiger partial charge on any atom is 0.243 e. The van der Waals surface area contributed by atoms with Crippen molar-refractivity contribution in [1.82, 2.24) is 4.72 Å². The van der Waals surface area contributed by atoms with E-state index in [1.807, 2.05) is 0 Å². The Morgan fingerprint density at radius 1 is 1.29 bits per heavy atom. The molecule has 0 amide bonds. The lowest BCUT2D eigenvalue weighted by Crippen LogP contribution is -2.41. The lowest BCUT2D eigenvalue weighted by Gasteiger charge is -2.23. The third-order valence-corrected chi connectivity index (χ3v) is 6.74. The molecule has 1 aliphatic heterocycles.